The van der Waals surface area contributed by atoms with Crippen LogP contribution >= 0.6 is 11.5 Å². The van der Waals surface area contributed by atoms with Gasteiger partial charge in [-0.05, 0) is 17.7 Å². The average Bonchev–Trinajstić information content (AvgIpc) is 3.28. The summed E-state index contributed by atoms with van der Waals surface area (Å²) < 4.78 is 70.9. The van der Waals surface area contributed by atoms with Gasteiger partial charge < -0.3 is 14.8 Å². The predicted octanol–water partition coefficient (Wildman–Crippen LogP) is 2.55. The number of morpholine rings is 1. The zero-order valence-corrected chi connectivity index (χ0v) is 17.8. The minimum atomic E-state index is -4.43. The van der Waals surface area contributed by atoms with Crippen LogP contribution in [-0.2, 0) is 14.8 Å². The van der Waals surface area contributed by atoms with Crippen LogP contribution in [0.5, 0.6) is 5.75 Å². The second-order valence-electron chi connectivity index (χ2n) is 6.59. The molecule has 0 spiro atoms. The van der Waals surface area contributed by atoms with Crippen LogP contribution in [0.15, 0.2) is 47.6 Å². The van der Waals surface area contributed by atoms with Crippen molar-refractivity contribution in [3.63, 3.8) is 0 Å². The number of sulfonamides is 1. The molecule has 1 fully saturated rings. The van der Waals surface area contributed by atoms with Crippen LogP contribution in [0.2, 0.25) is 0 Å². The number of benzene rings is 2. The average molecular weight is 479 g/mol. The number of rotatable bonds is 6. The van der Waals surface area contributed by atoms with Gasteiger partial charge in [0.15, 0.2) is 11.6 Å². The largest absolute Gasteiger partial charge is 0.460 e. The van der Waals surface area contributed by atoms with Gasteiger partial charge in [-0.3, -0.25) is 4.72 Å². The molecule has 2 N–H and O–H groups in total. The van der Waals surface area contributed by atoms with Crippen molar-refractivity contribution in [3.8, 4) is 11.8 Å². The summed E-state index contributed by atoms with van der Waals surface area (Å²) in [6.07, 6.45) is 0.103. The Bertz CT molecular complexity index is 1250. The van der Waals surface area contributed by atoms with Crippen molar-refractivity contribution in [2.24, 2.45) is 0 Å². The Morgan fingerprint density at radius 2 is 2.03 bits per heavy atom. The molecule has 1 saturated heterocycles. The lowest BCUT2D eigenvalue weighted by atomic mass is 10.0. The molecule has 9 nitrogen and oxygen atoms in total. The second kappa shape index (κ2) is 9.13. The van der Waals surface area contributed by atoms with Gasteiger partial charge in [0.05, 0.1) is 24.3 Å². The Morgan fingerprint density at radius 3 is 2.72 bits per heavy atom. The van der Waals surface area contributed by atoms with E-state index < -0.39 is 44.6 Å². The predicted molar refractivity (Wildman–Crippen MR) is 109 cm³/mol. The molecule has 0 amide bonds. The summed E-state index contributed by atoms with van der Waals surface area (Å²) in [5, 5.41) is 12.0. The standard InChI is InChI=1S/C19H15F2N5O4S2/c20-13-8-16(32(27,28)26-19-24-10-25-31-19)14(21)7-15(13)30-18-17(23-5-6-29-18)12-3-1-11(9-22)2-4-12/h1-4,7-8,10,17-18,23H,5-6H2,(H,24,25,26). The molecule has 166 valence electrons. The highest BCUT2D eigenvalue weighted by Crippen LogP contribution is 2.30. The van der Waals surface area contributed by atoms with Gasteiger partial charge in [0.25, 0.3) is 10.0 Å². The molecule has 1 aromatic heterocycles. The summed E-state index contributed by atoms with van der Waals surface area (Å²) in [7, 11) is -4.43. The lowest BCUT2D eigenvalue weighted by Crippen LogP contribution is -2.45. The number of hydrogen-bond acceptors (Lipinski definition) is 9. The molecule has 0 radical (unpaired) electrons. The molecule has 0 saturated carbocycles. The monoisotopic (exact) mass is 479 g/mol. The first-order chi connectivity index (χ1) is 15.4. The molecule has 1 aliphatic heterocycles. The van der Waals surface area contributed by atoms with E-state index in [2.05, 4.69) is 14.7 Å². The molecule has 4 rings (SSSR count). The number of nitrogens with one attached hydrogen (secondary N) is 2. The van der Waals surface area contributed by atoms with Gasteiger partial charge in [0.2, 0.25) is 11.4 Å². The van der Waals surface area contributed by atoms with E-state index in [1.54, 1.807) is 24.3 Å². The summed E-state index contributed by atoms with van der Waals surface area (Å²) in [6.45, 7) is 0.760. The number of nitrogens with zero attached hydrogens (tertiary/aromatic N) is 3. The fourth-order valence-corrected chi connectivity index (χ4v) is 4.78. The van der Waals surface area contributed by atoms with E-state index in [4.69, 9.17) is 14.7 Å². The molecule has 3 aromatic rings. The van der Waals surface area contributed by atoms with E-state index in [0.717, 1.165) is 23.4 Å². The lowest BCUT2D eigenvalue weighted by Gasteiger charge is -2.33. The van der Waals surface area contributed by atoms with Gasteiger partial charge in [-0.1, -0.05) is 12.1 Å². The molecule has 1 aliphatic rings. The van der Waals surface area contributed by atoms with Crippen LogP contribution < -0.4 is 14.8 Å². The highest BCUT2D eigenvalue weighted by atomic mass is 32.2. The Balaban J connectivity index is 1.58. The first kappa shape index (κ1) is 22.0. The lowest BCUT2D eigenvalue weighted by molar-refractivity contribution is -0.125. The van der Waals surface area contributed by atoms with Crippen molar-refractivity contribution in [1.29, 1.82) is 5.26 Å². The number of aromatic nitrogens is 2. The minimum Gasteiger partial charge on any atom is -0.460 e. The number of nitriles is 1. The van der Waals surface area contributed by atoms with E-state index in [0.29, 0.717) is 24.2 Å². The summed E-state index contributed by atoms with van der Waals surface area (Å²) in [4.78, 5) is 2.76. The Kier molecular flexibility index (Phi) is 6.28. The van der Waals surface area contributed by atoms with E-state index >= 15 is 0 Å². The zero-order chi connectivity index (χ0) is 22.7. The van der Waals surface area contributed by atoms with Gasteiger partial charge in [-0.15, -0.1) is 0 Å². The third-order valence-electron chi connectivity index (χ3n) is 4.52. The zero-order valence-electron chi connectivity index (χ0n) is 16.2. The maximum Gasteiger partial charge on any atom is 0.266 e. The third-order valence-corrected chi connectivity index (χ3v) is 6.58. The van der Waals surface area contributed by atoms with E-state index in [1.165, 1.54) is 0 Å². The first-order valence-electron chi connectivity index (χ1n) is 9.17. The topological polar surface area (TPSA) is 126 Å². The van der Waals surface area contributed by atoms with Gasteiger partial charge in [0, 0.05) is 30.2 Å². The van der Waals surface area contributed by atoms with Gasteiger partial charge in [0.1, 0.15) is 17.0 Å². The van der Waals surface area contributed by atoms with Gasteiger partial charge >= 0.3 is 0 Å². The van der Waals surface area contributed by atoms with Crippen molar-refractivity contribution < 1.29 is 26.7 Å². The molecule has 32 heavy (non-hydrogen) atoms. The number of ether oxygens (including phenoxy) is 2. The molecule has 2 heterocycles. The summed E-state index contributed by atoms with van der Waals surface area (Å²) in [5.41, 5.74) is 1.19. The first-order valence-corrected chi connectivity index (χ1v) is 11.4. The van der Waals surface area contributed by atoms with Crippen molar-refractivity contribution in [2.45, 2.75) is 17.2 Å². The Labute approximate surface area is 185 Å². The highest BCUT2D eigenvalue weighted by Gasteiger charge is 2.31. The fourth-order valence-electron chi connectivity index (χ4n) is 3.04. The van der Waals surface area contributed by atoms with Crippen molar-refractivity contribution in [3.05, 3.63) is 65.5 Å². The molecule has 2 aromatic carbocycles. The normalized spacial score (nSPS) is 18.7. The summed E-state index contributed by atoms with van der Waals surface area (Å²) in [5.74, 6) is -2.81. The van der Waals surface area contributed by atoms with Crippen LogP contribution in [0.1, 0.15) is 17.2 Å². The van der Waals surface area contributed by atoms with Crippen LogP contribution in [0.4, 0.5) is 13.9 Å². The summed E-state index contributed by atoms with van der Waals surface area (Å²) in [6, 6.07) is 9.31. The fraction of sp³-hybridized carbons (Fsp3) is 0.211. The third kappa shape index (κ3) is 4.68. The van der Waals surface area contributed by atoms with Gasteiger partial charge in [-0.2, -0.15) is 9.64 Å². The van der Waals surface area contributed by atoms with Crippen LogP contribution in [-0.4, -0.2) is 37.2 Å². The number of halogens is 2. The number of hydrogen-bond donors (Lipinski definition) is 2. The molecule has 0 aliphatic carbocycles. The van der Waals surface area contributed by atoms with Crippen molar-refractivity contribution >= 4 is 26.7 Å². The van der Waals surface area contributed by atoms with Crippen molar-refractivity contribution in [1.82, 2.24) is 14.7 Å². The van der Waals surface area contributed by atoms with E-state index in [1.807, 2.05) is 10.8 Å². The summed E-state index contributed by atoms with van der Waals surface area (Å²) >= 11 is 0.748. The molecule has 2 atom stereocenters. The smallest absolute Gasteiger partial charge is 0.266 e. The van der Waals surface area contributed by atoms with Gasteiger partial charge in [-0.25, -0.2) is 22.2 Å². The van der Waals surface area contributed by atoms with Crippen LogP contribution in [0.25, 0.3) is 0 Å². The maximum atomic E-state index is 14.7. The van der Waals surface area contributed by atoms with E-state index in [9.17, 15) is 17.2 Å². The Morgan fingerprint density at radius 1 is 1.25 bits per heavy atom. The quantitative estimate of drug-likeness (QED) is 0.553. The minimum absolute atomic E-state index is 0.0860. The molecule has 0 bridgehead atoms. The van der Waals surface area contributed by atoms with E-state index in [-0.39, 0.29) is 11.7 Å². The Hall–Kier alpha value is -3.18. The SMILES string of the molecule is N#Cc1ccc(C2NCCOC2Oc2cc(F)c(S(=O)(=O)Nc3ncns3)cc2F)cc1. The molecular formula is C19H15F2N5O4S2. The molecule has 2 unspecified atom stereocenters. The second-order valence-corrected chi connectivity index (χ2v) is 9.02. The molecule has 13 heteroatoms. The van der Waals surface area contributed by atoms with Crippen LogP contribution in [0, 0.1) is 23.0 Å². The van der Waals surface area contributed by atoms with Crippen molar-refractivity contribution in [2.75, 3.05) is 17.9 Å². The number of anilines is 1. The highest BCUT2D eigenvalue weighted by molar-refractivity contribution is 7.93. The van der Waals surface area contributed by atoms with Crippen LogP contribution in [0.3, 0.4) is 0 Å². The maximum absolute atomic E-state index is 14.7. The molecular weight excluding hydrogens is 464 g/mol.